The van der Waals surface area contributed by atoms with Crippen molar-refractivity contribution in [3.63, 3.8) is 0 Å². The van der Waals surface area contributed by atoms with Crippen LogP contribution in [-0.4, -0.2) is 4.98 Å². The quantitative estimate of drug-likeness (QED) is 0.720. The van der Waals surface area contributed by atoms with E-state index in [9.17, 15) is 0 Å². The molecule has 0 bridgehead atoms. The molecule has 84 valence electrons. The third-order valence-electron chi connectivity index (χ3n) is 2.39. The van der Waals surface area contributed by atoms with Crippen molar-refractivity contribution in [3.05, 3.63) is 38.6 Å². The van der Waals surface area contributed by atoms with Crippen LogP contribution in [0.3, 0.4) is 0 Å². The van der Waals surface area contributed by atoms with Crippen molar-refractivity contribution in [1.82, 2.24) is 4.98 Å². The molecule has 0 aliphatic heterocycles. The third kappa shape index (κ3) is 2.66. The molecule has 1 nitrogen and oxygen atoms in total. The number of nitrogens with zero attached hydrogens (tertiary/aromatic N) is 1. The first-order valence-electron chi connectivity index (χ1n) is 5.31. The molecule has 0 saturated carbocycles. The van der Waals surface area contributed by atoms with Gasteiger partial charge in [-0.25, -0.2) is 0 Å². The predicted octanol–water partition coefficient (Wildman–Crippen LogP) is 4.69. The lowest BCUT2D eigenvalue weighted by atomic mass is 10.1. The molecule has 0 atom stereocenters. The maximum atomic E-state index is 6.27. The first-order chi connectivity index (χ1) is 7.56. The number of aromatic nitrogens is 1. The molecule has 16 heavy (non-hydrogen) atoms. The molecule has 0 aliphatic rings. The zero-order chi connectivity index (χ0) is 11.7. The summed E-state index contributed by atoms with van der Waals surface area (Å²) in [6.07, 6.45) is 0.974. The standard InChI is InChI=1S/C13H13ClIN/c1-8(2)5-10-7-12(14)11-6-9(15)3-4-13(11)16-10/h3-4,6-8H,5H2,1-2H3. The third-order valence-corrected chi connectivity index (χ3v) is 3.37. The lowest BCUT2D eigenvalue weighted by Crippen LogP contribution is -1.97. The molecule has 0 amide bonds. The Morgan fingerprint density at radius 3 is 2.75 bits per heavy atom. The number of hydrogen-bond donors (Lipinski definition) is 0. The van der Waals surface area contributed by atoms with Crippen molar-refractivity contribution < 1.29 is 0 Å². The maximum Gasteiger partial charge on any atom is 0.0721 e. The van der Waals surface area contributed by atoms with Crippen LogP contribution < -0.4 is 0 Å². The van der Waals surface area contributed by atoms with Gasteiger partial charge in [0.05, 0.1) is 10.5 Å². The fraction of sp³-hybridized carbons (Fsp3) is 0.308. The average Bonchev–Trinajstić information content (AvgIpc) is 2.18. The summed E-state index contributed by atoms with van der Waals surface area (Å²) in [6.45, 7) is 4.38. The van der Waals surface area contributed by atoms with E-state index in [4.69, 9.17) is 11.6 Å². The highest BCUT2D eigenvalue weighted by molar-refractivity contribution is 14.1. The predicted molar refractivity (Wildman–Crippen MR) is 78.0 cm³/mol. The van der Waals surface area contributed by atoms with Gasteiger partial charge >= 0.3 is 0 Å². The zero-order valence-electron chi connectivity index (χ0n) is 9.30. The summed E-state index contributed by atoms with van der Waals surface area (Å²) in [6, 6.07) is 8.16. The van der Waals surface area contributed by atoms with Crippen molar-refractivity contribution in [2.24, 2.45) is 5.92 Å². The van der Waals surface area contributed by atoms with E-state index in [1.165, 1.54) is 3.57 Å². The first-order valence-corrected chi connectivity index (χ1v) is 6.76. The molecule has 0 aliphatic carbocycles. The molecule has 1 aromatic heterocycles. The van der Waals surface area contributed by atoms with E-state index in [0.717, 1.165) is 28.0 Å². The van der Waals surface area contributed by atoms with E-state index >= 15 is 0 Å². The van der Waals surface area contributed by atoms with Crippen LogP contribution in [0.25, 0.3) is 10.9 Å². The van der Waals surface area contributed by atoms with Crippen LogP contribution in [0.1, 0.15) is 19.5 Å². The van der Waals surface area contributed by atoms with Gasteiger partial charge in [0.25, 0.3) is 0 Å². The number of pyridine rings is 1. The molecule has 1 aromatic carbocycles. The van der Waals surface area contributed by atoms with Crippen molar-refractivity contribution >= 4 is 45.1 Å². The van der Waals surface area contributed by atoms with Crippen molar-refractivity contribution in [1.29, 1.82) is 0 Å². The summed E-state index contributed by atoms with van der Waals surface area (Å²) in [5.74, 6) is 0.602. The van der Waals surface area contributed by atoms with Crippen molar-refractivity contribution in [2.75, 3.05) is 0 Å². The van der Waals surface area contributed by atoms with Gasteiger partial charge in [-0.05, 0) is 59.2 Å². The molecule has 0 spiro atoms. The van der Waals surface area contributed by atoms with Crippen molar-refractivity contribution in [2.45, 2.75) is 20.3 Å². The number of benzene rings is 1. The van der Waals surface area contributed by atoms with Gasteiger partial charge in [0, 0.05) is 14.7 Å². The SMILES string of the molecule is CC(C)Cc1cc(Cl)c2cc(I)ccc2n1. The Morgan fingerprint density at radius 1 is 1.31 bits per heavy atom. The summed E-state index contributed by atoms with van der Waals surface area (Å²) in [7, 11) is 0. The van der Waals surface area contributed by atoms with Gasteiger partial charge in [-0.1, -0.05) is 25.4 Å². The lowest BCUT2D eigenvalue weighted by Gasteiger charge is -2.07. The summed E-state index contributed by atoms with van der Waals surface area (Å²) < 4.78 is 1.19. The van der Waals surface area contributed by atoms with Crippen LogP contribution in [0.5, 0.6) is 0 Å². The molecule has 0 unspecified atom stereocenters. The normalized spacial score (nSPS) is 11.3. The molecule has 0 radical (unpaired) electrons. The fourth-order valence-corrected chi connectivity index (χ4v) is 2.50. The largest absolute Gasteiger partial charge is 0.253 e. The van der Waals surface area contributed by atoms with Crippen LogP contribution in [-0.2, 0) is 6.42 Å². The minimum atomic E-state index is 0.602. The molecule has 2 rings (SSSR count). The highest BCUT2D eigenvalue weighted by Gasteiger charge is 2.06. The Morgan fingerprint density at radius 2 is 2.06 bits per heavy atom. The van der Waals surface area contributed by atoms with Crippen LogP contribution in [0, 0.1) is 9.49 Å². The van der Waals surface area contributed by atoms with E-state index in [2.05, 4.69) is 53.6 Å². The summed E-state index contributed by atoms with van der Waals surface area (Å²) in [5.41, 5.74) is 2.07. The van der Waals surface area contributed by atoms with Crippen LogP contribution in [0.15, 0.2) is 24.3 Å². The number of fused-ring (bicyclic) bond motifs is 1. The summed E-state index contributed by atoms with van der Waals surface area (Å²) >= 11 is 8.56. The second kappa shape index (κ2) is 4.88. The Kier molecular flexibility index (Phi) is 3.70. The van der Waals surface area contributed by atoms with E-state index in [-0.39, 0.29) is 0 Å². The highest BCUT2D eigenvalue weighted by Crippen LogP contribution is 2.25. The Labute approximate surface area is 114 Å². The lowest BCUT2D eigenvalue weighted by molar-refractivity contribution is 0.637. The molecule has 3 heteroatoms. The van der Waals surface area contributed by atoms with Gasteiger partial charge in [0.15, 0.2) is 0 Å². The Bertz CT molecular complexity index is 523. The first kappa shape index (κ1) is 12.1. The molecule has 2 aromatic rings. The molecular formula is C13H13ClIN. The molecule has 0 fully saturated rings. The minimum Gasteiger partial charge on any atom is -0.253 e. The molecule has 1 heterocycles. The van der Waals surface area contributed by atoms with E-state index in [1.807, 2.05) is 12.1 Å². The molecular weight excluding hydrogens is 333 g/mol. The van der Waals surface area contributed by atoms with Gasteiger partial charge in [0.2, 0.25) is 0 Å². The van der Waals surface area contributed by atoms with Gasteiger partial charge in [-0.3, -0.25) is 4.98 Å². The number of halogens is 2. The van der Waals surface area contributed by atoms with Crippen LogP contribution in [0.2, 0.25) is 5.02 Å². The highest BCUT2D eigenvalue weighted by atomic mass is 127. The van der Waals surface area contributed by atoms with Crippen molar-refractivity contribution in [3.8, 4) is 0 Å². The second-order valence-corrected chi connectivity index (χ2v) is 6.01. The number of rotatable bonds is 2. The average molecular weight is 346 g/mol. The van der Waals surface area contributed by atoms with Gasteiger partial charge in [-0.15, -0.1) is 0 Å². The van der Waals surface area contributed by atoms with E-state index in [0.29, 0.717) is 5.92 Å². The van der Waals surface area contributed by atoms with E-state index < -0.39 is 0 Å². The van der Waals surface area contributed by atoms with Crippen LogP contribution >= 0.6 is 34.2 Å². The zero-order valence-corrected chi connectivity index (χ0v) is 12.2. The Hall–Kier alpha value is -0.350. The second-order valence-electron chi connectivity index (χ2n) is 4.35. The summed E-state index contributed by atoms with van der Waals surface area (Å²) in [5, 5.41) is 1.85. The molecule has 0 saturated heterocycles. The molecule has 0 N–H and O–H groups in total. The fourth-order valence-electron chi connectivity index (χ4n) is 1.73. The summed E-state index contributed by atoms with van der Waals surface area (Å²) in [4.78, 5) is 4.63. The van der Waals surface area contributed by atoms with Gasteiger partial charge in [0.1, 0.15) is 0 Å². The minimum absolute atomic E-state index is 0.602. The van der Waals surface area contributed by atoms with Gasteiger partial charge < -0.3 is 0 Å². The monoisotopic (exact) mass is 345 g/mol. The van der Waals surface area contributed by atoms with Crippen LogP contribution in [0.4, 0.5) is 0 Å². The van der Waals surface area contributed by atoms with E-state index in [1.54, 1.807) is 0 Å². The van der Waals surface area contributed by atoms with Gasteiger partial charge in [-0.2, -0.15) is 0 Å². The smallest absolute Gasteiger partial charge is 0.0721 e. The maximum absolute atomic E-state index is 6.27. The topological polar surface area (TPSA) is 12.9 Å². The number of hydrogen-bond acceptors (Lipinski definition) is 1. The Balaban J connectivity index is 2.55.